The highest BCUT2D eigenvalue weighted by Crippen LogP contribution is 2.36. The Morgan fingerprint density at radius 2 is 1.91 bits per heavy atom. The highest BCUT2D eigenvalue weighted by atomic mass is 32.2. The fourth-order valence-corrected chi connectivity index (χ4v) is 6.17. The molecule has 0 amide bonds. The van der Waals surface area contributed by atoms with Crippen molar-refractivity contribution >= 4 is 38.2 Å². The summed E-state index contributed by atoms with van der Waals surface area (Å²) in [5, 5.41) is 13.0. The van der Waals surface area contributed by atoms with Crippen molar-refractivity contribution in [2.45, 2.75) is 23.2 Å². The van der Waals surface area contributed by atoms with Crippen LogP contribution in [0.15, 0.2) is 46.8 Å². The Labute approximate surface area is 188 Å². The molecule has 0 bridgehead atoms. The first-order valence-corrected chi connectivity index (χ1v) is 11.6. The van der Waals surface area contributed by atoms with E-state index in [2.05, 4.69) is 5.10 Å². The number of hydrogen-bond donors (Lipinski definition) is 1. The monoisotopic (exact) mass is 501 g/mol. The summed E-state index contributed by atoms with van der Waals surface area (Å²) in [6, 6.07) is 6.93. The van der Waals surface area contributed by atoms with Crippen molar-refractivity contribution in [1.29, 1.82) is 0 Å². The van der Waals surface area contributed by atoms with Gasteiger partial charge in [0.1, 0.15) is 21.4 Å². The van der Waals surface area contributed by atoms with Gasteiger partial charge in [-0.1, -0.05) is 0 Å². The van der Waals surface area contributed by atoms with Crippen LogP contribution < -0.4 is 0 Å². The number of rotatable bonds is 6. The Balaban J connectivity index is 1.77. The van der Waals surface area contributed by atoms with Crippen molar-refractivity contribution in [3.05, 3.63) is 59.7 Å². The van der Waals surface area contributed by atoms with Gasteiger partial charge in [-0.25, -0.2) is 8.36 Å². The second-order valence-electron chi connectivity index (χ2n) is 7.17. The zero-order chi connectivity index (χ0) is 24.1. The lowest BCUT2D eigenvalue weighted by Crippen LogP contribution is -2.11. The summed E-state index contributed by atoms with van der Waals surface area (Å²) >= 11 is 0.739. The third kappa shape index (κ3) is 4.25. The van der Waals surface area contributed by atoms with Gasteiger partial charge in [-0.3, -0.25) is 9.48 Å². The second-order valence-corrected chi connectivity index (χ2v) is 10.3. The number of aliphatic carboxylic acids is 1. The molecule has 3 aromatic heterocycles. The van der Waals surface area contributed by atoms with Crippen LogP contribution in [0.25, 0.3) is 21.5 Å². The van der Waals surface area contributed by atoms with E-state index in [0.717, 1.165) is 40.6 Å². The van der Waals surface area contributed by atoms with E-state index in [-0.39, 0.29) is 38.5 Å². The number of carboxylic acids is 1. The summed E-state index contributed by atoms with van der Waals surface area (Å²) in [5.74, 6) is -1.70. The maximum atomic E-state index is 13.8. The third-order valence-corrected chi connectivity index (χ3v) is 8.19. The van der Waals surface area contributed by atoms with E-state index in [0.29, 0.717) is 10.2 Å². The van der Waals surface area contributed by atoms with Crippen LogP contribution in [-0.4, -0.2) is 33.2 Å². The SMILES string of the molecule is Cn1nc(-c2ccc(S(=O)(=O)n3cc(CCC(=O)O)c4cc(F)ccc43)s2)cc1C(F)(F)F. The Hall–Kier alpha value is -3.19. The van der Waals surface area contributed by atoms with Gasteiger partial charge in [-0.05, 0) is 48.4 Å². The van der Waals surface area contributed by atoms with E-state index in [9.17, 15) is 30.8 Å². The minimum absolute atomic E-state index is 0.0123. The molecule has 1 N–H and O–H groups in total. The van der Waals surface area contributed by atoms with E-state index >= 15 is 0 Å². The van der Waals surface area contributed by atoms with Crippen LogP contribution in [0, 0.1) is 5.82 Å². The summed E-state index contributed by atoms with van der Waals surface area (Å²) in [6.07, 6.45) is -3.66. The lowest BCUT2D eigenvalue weighted by molar-refractivity contribution is -0.143. The van der Waals surface area contributed by atoms with E-state index in [1.807, 2.05) is 0 Å². The van der Waals surface area contributed by atoms with Crippen LogP contribution in [0.1, 0.15) is 17.7 Å². The van der Waals surface area contributed by atoms with Gasteiger partial charge < -0.3 is 5.11 Å². The predicted octanol–water partition coefficient (Wildman–Crippen LogP) is 4.52. The van der Waals surface area contributed by atoms with Crippen LogP contribution >= 0.6 is 11.3 Å². The minimum Gasteiger partial charge on any atom is -0.481 e. The average molecular weight is 501 g/mol. The minimum atomic E-state index is -4.61. The topological polar surface area (TPSA) is 94.2 Å². The van der Waals surface area contributed by atoms with Gasteiger partial charge in [-0.2, -0.15) is 26.7 Å². The van der Waals surface area contributed by atoms with Gasteiger partial charge in [0.2, 0.25) is 0 Å². The number of halogens is 4. The Morgan fingerprint density at radius 3 is 2.55 bits per heavy atom. The number of carboxylic acid groups (broad SMARTS) is 1. The lowest BCUT2D eigenvalue weighted by atomic mass is 10.1. The zero-order valence-corrected chi connectivity index (χ0v) is 18.4. The molecule has 13 heteroatoms. The van der Waals surface area contributed by atoms with E-state index in [4.69, 9.17) is 5.11 Å². The van der Waals surface area contributed by atoms with Crippen LogP contribution in [0.2, 0.25) is 0 Å². The van der Waals surface area contributed by atoms with Gasteiger partial charge in [-0.15, -0.1) is 11.3 Å². The summed E-state index contributed by atoms with van der Waals surface area (Å²) in [4.78, 5) is 11.2. The molecule has 0 atom stereocenters. The van der Waals surface area contributed by atoms with Crippen molar-refractivity contribution < 1.29 is 35.9 Å². The highest BCUT2D eigenvalue weighted by molar-refractivity contribution is 7.92. The molecule has 0 aliphatic rings. The van der Waals surface area contributed by atoms with Crippen molar-refractivity contribution in [3.63, 3.8) is 0 Å². The molecule has 3 heterocycles. The average Bonchev–Trinajstić information content (AvgIpc) is 3.42. The molecule has 4 rings (SSSR count). The molecule has 0 radical (unpaired) electrons. The van der Waals surface area contributed by atoms with E-state index in [1.165, 1.54) is 24.4 Å². The number of carbonyl (C=O) groups is 1. The molecule has 0 spiro atoms. The van der Waals surface area contributed by atoms with Crippen molar-refractivity contribution in [2.75, 3.05) is 0 Å². The molecule has 7 nitrogen and oxygen atoms in total. The summed E-state index contributed by atoms with van der Waals surface area (Å²) < 4.78 is 81.1. The quantitative estimate of drug-likeness (QED) is 0.392. The first-order chi connectivity index (χ1) is 15.4. The van der Waals surface area contributed by atoms with Gasteiger partial charge in [0.05, 0.1) is 10.4 Å². The molecule has 174 valence electrons. The number of alkyl halides is 3. The first kappa shape index (κ1) is 23.0. The van der Waals surface area contributed by atoms with Crippen molar-refractivity contribution in [1.82, 2.24) is 13.8 Å². The predicted molar refractivity (Wildman–Crippen MR) is 112 cm³/mol. The zero-order valence-electron chi connectivity index (χ0n) is 16.8. The maximum Gasteiger partial charge on any atom is 0.433 e. The molecule has 0 saturated heterocycles. The van der Waals surface area contributed by atoms with E-state index < -0.39 is 33.7 Å². The number of thiophene rings is 1. The largest absolute Gasteiger partial charge is 0.481 e. The second kappa shape index (κ2) is 7.99. The number of aromatic nitrogens is 3. The van der Waals surface area contributed by atoms with Gasteiger partial charge >= 0.3 is 12.1 Å². The fraction of sp³-hybridized carbons (Fsp3) is 0.200. The maximum absolute atomic E-state index is 13.8. The number of benzene rings is 1. The molecule has 0 aliphatic carbocycles. The van der Waals surface area contributed by atoms with Crippen molar-refractivity contribution in [3.8, 4) is 10.6 Å². The number of hydrogen-bond acceptors (Lipinski definition) is 5. The number of fused-ring (bicyclic) bond motifs is 1. The fourth-order valence-electron chi connectivity index (χ4n) is 3.42. The Morgan fingerprint density at radius 1 is 1.18 bits per heavy atom. The van der Waals surface area contributed by atoms with Gasteiger partial charge in [0.25, 0.3) is 10.0 Å². The van der Waals surface area contributed by atoms with Crippen molar-refractivity contribution in [2.24, 2.45) is 7.05 Å². The smallest absolute Gasteiger partial charge is 0.433 e. The number of nitrogens with zero attached hydrogens (tertiary/aromatic N) is 3. The molecule has 4 aromatic rings. The standard InChI is InChI=1S/C20H15F4N3O4S2/c1-26-17(20(22,23)24)9-14(25-26)16-5-7-19(32-16)33(30,31)27-10-11(2-6-18(28)29)13-8-12(21)3-4-15(13)27/h3-5,7-10H,2,6H2,1H3,(H,28,29). The first-order valence-electron chi connectivity index (χ1n) is 9.36. The molecule has 0 aliphatic heterocycles. The van der Waals surface area contributed by atoms with E-state index in [1.54, 1.807) is 0 Å². The molecule has 1 aromatic carbocycles. The van der Waals surface area contributed by atoms with Crippen LogP contribution in [0.4, 0.5) is 17.6 Å². The van der Waals surface area contributed by atoms with Crippen LogP contribution in [0.5, 0.6) is 0 Å². The number of aryl methyl sites for hydroxylation is 2. The lowest BCUT2D eigenvalue weighted by Gasteiger charge is -2.05. The summed E-state index contributed by atoms with van der Waals surface area (Å²) in [7, 11) is -3.07. The summed E-state index contributed by atoms with van der Waals surface area (Å²) in [6.45, 7) is 0. The Bertz CT molecular complexity index is 1480. The van der Waals surface area contributed by atoms with Gasteiger partial charge in [0, 0.05) is 25.1 Å². The highest BCUT2D eigenvalue weighted by Gasteiger charge is 2.35. The third-order valence-electron chi connectivity index (χ3n) is 4.94. The normalized spacial score (nSPS) is 12.5. The van der Waals surface area contributed by atoms with Gasteiger partial charge in [0.15, 0.2) is 0 Å². The van der Waals surface area contributed by atoms with Crippen LogP contribution in [-0.2, 0) is 34.5 Å². The molecule has 0 unspecified atom stereocenters. The summed E-state index contributed by atoms with van der Waals surface area (Å²) in [5.41, 5.74) is -0.509. The molecular weight excluding hydrogens is 486 g/mol. The van der Waals surface area contributed by atoms with Crippen LogP contribution in [0.3, 0.4) is 0 Å². The molecule has 0 saturated carbocycles. The Kier molecular flexibility index (Phi) is 5.56. The molecule has 0 fully saturated rings. The molecule has 33 heavy (non-hydrogen) atoms. The molecular formula is C20H15F4N3O4S2.